The number of nitrogens with zero attached hydrogens (tertiary/aromatic N) is 2. The summed E-state index contributed by atoms with van der Waals surface area (Å²) in [6.07, 6.45) is 0. The van der Waals surface area contributed by atoms with Gasteiger partial charge < -0.3 is 23.4 Å². The van der Waals surface area contributed by atoms with E-state index in [1.807, 2.05) is 0 Å². The molecule has 0 atom stereocenters. The van der Waals surface area contributed by atoms with Gasteiger partial charge in [0.2, 0.25) is 5.75 Å². The molecule has 9 aromatic carbocycles. The van der Waals surface area contributed by atoms with Crippen molar-refractivity contribution in [2.24, 2.45) is 0 Å². The summed E-state index contributed by atoms with van der Waals surface area (Å²) in [5.41, 5.74) is 14.4. The van der Waals surface area contributed by atoms with Gasteiger partial charge in [-0.05, 0) is 152 Å². The van der Waals surface area contributed by atoms with Crippen LogP contribution in [0.15, 0.2) is 173 Å². The van der Waals surface area contributed by atoms with Crippen LogP contribution in [0.3, 0.4) is 0 Å². The van der Waals surface area contributed by atoms with Gasteiger partial charge in [0.25, 0.3) is 0 Å². The first kappa shape index (κ1) is 35.6. The van der Waals surface area contributed by atoms with Gasteiger partial charge in [0.15, 0.2) is 11.2 Å². The van der Waals surface area contributed by atoms with Crippen LogP contribution in [-0.4, -0.2) is 7.11 Å². The third kappa shape index (κ3) is 5.93. The number of fused-ring (bicyclic) bond motifs is 8. The Hall–Kier alpha value is -7.50. The smallest absolute Gasteiger partial charge is 0.205 e. The number of methoxy groups -OCH3 is 1. The highest BCUT2D eigenvalue weighted by Crippen LogP contribution is 2.46. The molecule has 0 saturated carbocycles. The molecule has 0 spiro atoms. The van der Waals surface area contributed by atoms with Crippen molar-refractivity contribution < 1.29 is 13.6 Å². The van der Waals surface area contributed by atoms with Crippen LogP contribution in [0.25, 0.3) is 65.4 Å². The average Bonchev–Trinajstić information content (AvgIpc) is 3.80. The summed E-state index contributed by atoms with van der Waals surface area (Å²) >= 11 is 0. The summed E-state index contributed by atoms with van der Waals surface area (Å²) in [6, 6.07) is 59.0. The highest BCUT2D eigenvalue weighted by Gasteiger charge is 2.22. The molecular weight excluding hydrogens is 737 g/mol. The molecule has 11 aromatic rings. The van der Waals surface area contributed by atoms with Crippen molar-refractivity contribution in [2.75, 3.05) is 16.9 Å². The lowest BCUT2D eigenvalue weighted by Crippen LogP contribution is -2.09. The third-order valence-electron chi connectivity index (χ3n) is 11.9. The van der Waals surface area contributed by atoms with Gasteiger partial charge in [-0.3, -0.25) is 0 Å². The maximum absolute atomic E-state index is 6.70. The Kier molecular flexibility index (Phi) is 8.21. The van der Waals surface area contributed by atoms with Gasteiger partial charge in [-0.2, -0.15) is 0 Å². The Bertz CT molecular complexity index is 3110. The zero-order chi connectivity index (χ0) is 40.6. The van der Waals surface area contributed by atoms with E-state index in [2.05, 4.69) is 201 Å². The zero-order valence-electron chi connectivity index (χ0n) is 34.2. The van der Waals surface area contributed by atoms with Crippen LogP contribution in [0, 0.1) is 27.7 Å². The Morgan fingerprint density at radius 2 is 0.667 bits per heavy atom. The standard InChI is InChI=1S/C55H42N2O3/c1-33-6-16-41(17-7-33)56(42-18-8-34(2)9-19-42)45-24-14-37-28-47-49-32-50-48-29-38-15-25-46(57(43-20-10-35(3)11-21-43)44-22-12-36(4)13-23-44)27-40(38)31-52(48)60-54(50)55(58-5)53(49)59-51(47)30-39(37)26-45/h6-32H,1-5H3. The monoisotopic (exact) mass is 778 g/mol. The number of anilines is 6. The topological polar surface area (TPSA) is 42.0 Å². The van der Waals surface area contributed by atoms with E-state index in [-0.39, 0.29) is 0 Å². The minimum Gasteiger partial charge on any atom is -0.490 e. The number of ether oxygens (including phenoxy) is 1. The Balaban J connectivity index is 1.03. The van der Waals surface area contributed by atoms with Crippen molar-refractivity contribution in [3.63, 3.8) is 0 Å². The molecule has 0 saturated heterocycles. The maximum Gasteiger partial charge on any atom is 0.205 e. The first-order chi connectivity index (χ1) is 29.3. The molecule has 5 heteroatoms. The molecule has 0 radical (unpaired) electrons. The Labute approximate surface area is 348 Å². The van der Waals surface area contributed by atoms with Crippen molar-refractivity contribution in [1.82, 2.24) is 0 Å². The van der Waals surface area contributed by atoms with Crippen LogP contribution in [0.2, 0.25) is 0 Å². The maximum atomic E-state index is 6.70. The summed E-state index contributed by atoms with van der Waals surface area (Å²) in [4.78, 5) is 4.61. The molecule has 0 amide bonds. The van der Waals surface area contributed by atoms with Crippen LogP contribution >= 0.6 is 0 Å². The minimum atomic E-state index is 0.597. The quantitative estimate of drug-likeness (QED) is 0.161. The van der Waals surface area contributed by atoms with E-state index in [1.165, 1.54) is 22.3 Å². The first-order valence-electron chi connectivity index (χ1n) is 20.4. The normalized spacial score (nSPS) is 11.8. The fraction of sp³-hybridized carbons (Fsp3) is 0.0909. The summed E-state index contributed by atoms with van der Waals surface area (Å²) in [6.45, 7) is 8.48. The van der Waals surface area contributed by atoms with Gasteiger partial charge in [0.05, 0.1) is 7.11 Å². The fourth-order valence-electron chi connectivity index (χ4n) is 8.70. The number of benzene rings is 9. The van der Waals surface area contributed by atoms with Gasteiger partial charge in [-0.25, -0.2) is 0 Å². The van der Waals surface area contributed by atoms with Crippen molar-refractivity contribution >= 4 is 99.5 Å². The molecule has 0 aliphatic heterocycles. The number of hydrogen-bond acceptors (Lipinski definition) is 5. The molecule has 290 valence electrons. The second-order valence-corrected chi connectivity index (χ2v) is 16.1. The minimum absolute atomic E-state index is 0.597. The lowest BCUT2D eigenvalue weighted by molar-refractivity contribution is 0.409. The summed E-state index contributed by atoms with van der Waals surface area (Å²) in [7, 11) is 1.69. The second kappa shape index (κ2) is 13.8. The lowest BCUT2D eigenvalue weighted by atomic mass is 10.0. The van der Waals surface area contributed by atoms with E-state index in [9.17, 15) is 0 Å². The first-order valence-corrected chi connectivity index (χ1v) is 20.4. The fourth-order valence-corrected chi connectivity index (χ4v) is 8.70. The molecule has 0 bridgehead atoms. The van der Waals surface area contributed by atoms with Crippen LogP contribution in [0.4, 0.5) is 34.1 Å². The van der Waals surface area contributed by atoms with E-state index in [0.717, 1.165) is 88.4 Å². The number of hydrogen-bond donors (Lipinski definition) is 0. The van der Waals surface area contributed by atoms with Gasteiger partial charge >= 0.3 is 0 Å². The van der Waals surface area contributed by atoms with E-state index in [4.69, 9.17) is 13.6 Å². The largest absolute Gasteiger partial charge is 0.490 e. The summed E-state index contributed by atoms with van der Waals surface area (Å²) in [5.74, 6) is 0.597. The van der Waals surface area contributed by atoms with E-state index < -0.39 is 0 Å². The molecule has 0 N–H and O–H groups in total. The molecule has 0 aliphatic carbocycles. The van der Waals surface area contributed by atoms with Gasteiger partial charge in [-0.1, -0.05) is 82.9 Å². The number of aryl methyl sites for hydroxylation is 4. The molecule has 0 unspecified atom stereocenters. The zero-order valence-corrected chi connectivity index (χ0v) is 34.2. The summed E-state index contributed by atoms with van der Waals surface area (Å²) in [5, 5.41) is 8.49. The van der Waals surface area contributed by atoms with Crippen LogP contribution in [0.1, 0.15) is 22.3 Å². The number of furan rings is 2. The van der Waals surface area contributed by atoms with E-state index >= 15 is 0 Å². The predicted octanol–water partition coefficient (Wildman–Crippen LogP) is 16.0. The third-order valence-corrected chi connectivity index (χ3v) is 11.9. The SMILES string of the molecule is COc1c2oc3cc4cc(N(c5ccc(C)cc5)c5ccc(C)cc5)ccc4cc3c2cc2c1oc1cc3cc(N(c4ccc(C)cc4)c4ccc(C)cc4)ccc3cc12. The van der Waals surface area contributed by atoms with Crippen LogP contribution < -0.4 is 14.5 Å². The highest BCUT2D eigenvalue weighted by atomic mass is 16.5. The second-order valence-electron chi connectivity index (χ2n) is 16.1. The van der Waals surface area contributed by atoms with Gasteiger partial charge in [0.1, 0.15) is 11.2 Å². The molecule has 0 aliphatic rings. The molecular formula is C55H42N2O3. The van der Waals surface area contributed by atoms with Crippen molar-refractivity contribution in [3.8, 4) is 5.75 Å². The van der Waals surface area contributed by atoms with Crippen LogP contribution in [0.5, 0.6) is 5.75 Å². The van der Waals surface area contributed by atoms with Gasteiger partial charge in [-0.15, -0.1) is 0 Å². The molecule has 5 nitrogen and oxygen atoms in total. The van der Waals surface area contributed by atoms with E-state index in [0.29, 0.717) is 16.9 Å². The van der Waals surface area contributed by atoms with Crippen molar-refractivity contribution in [1.29, 1.82) is 0 Å². The average molecular weight is 779 g/mol. The molecule has 2 heterocycles. The Morgan fingerprint density at radius 1 is 0.333 bits per heavy atom. The molecule has 0 fully saturated rings. The predicted molar refractivity (Wildman–Crippen MR) is 251 cm³/mol. The Morgan fingerprint density at radius 3 is 1.00 bits per heavy atom. The summed E-state index contributed by atoms with van der Waals surface area (Å²) < 4.78 is 19.5. The van der Waals surface area contributed by atoms with Crippen molar-refractivity contribution in [3.05, 3.63) is 186 Å². The van der Waals surface area contributed by atoms with Crippen LogP contribution in [-0.2, 0) is 0 Å². The highest BCUT2D eigenvalue weighted by molar-refractivity contribution is 6.21. The molecule has 60 heavy (non-hydrogen) atoms. The molecule has 2 aromatic heterocycles. The number of rotatable bonds is 7. The van der Waals surface area contributed by atoms with Gasteiger partial charge in [0, 0.05) is 55.7 Å². The molecule has 11 rings (SSSR count). The van der Waals surface area contributed by atoms with Crippen molar-refractivity contribution in [2.45, 2.75) is 27.7 Å². The van der Waals surface area contributed by atoms with E-state index in [1.54, 1.807) is 7.11 Å². The lowest BCUT2D eigenvalue weighted by Gasteiger charge is -2.26.